The minimum Gasteiger partial charge on any atom is -0.347 e. The van der Waals surface area contributed by atoms with E-state index in [2.05, 4.69) is 32.3 Å². The number of amides is 1. The molecule has 1 N–H and O–H groups in total. The number of aryl methyl sites for hydroxylation is 1. The predicted octanol–water partition coefficient (Wildman–Crippen LogP) is 3.79. The van der Waals surface area contributed by atoms with Crippen molar-refractivity contribution < 1.29 is 4.79 Å². The van der Waals surface area contributed by atoms with Crippen molar-refractivity contribution in [3.8, 4) is 11.1 Å². The Hall–Kier alpha value is -2.84. The van der Waals surface area contributed by atoms with Crippen LogP contribution in [0.3, 0.4) is 0 Å². The van der Waals surface area contributed by atoms with Gasteiger partial charge >= 0.3 is 0 Å². The highest BCUT2D eigenvalue weighted by Gasteiger charge is 2.27. The van der Waals surface area contributed by atoms with E-state index in [1.54, 1.807) is 6.20 Å². The number of likely N-dealkylation sites (tertiary alicyclic amines) is 1. The first kappa shape index (κ1) is 21.4. The average Bonchev–Trinajstić information content (AvgIpc) is 3.18. The van der Waals surface area contributed by atoms with Gasteiger partial charge in [-0.25, -0.2) is 15.0 Å². The Morgan fingerprint density at radius 3 is 2.74 bits per heavy atom. The zero-order valence-electron chi connectivity index (χ0n) is 18.2. The van der Waals surface area contributed by atoms with Crippen molar-refractivity contribution in [3.63, 3.8) is 0 Å². The van der Waals surface area contributed by atoms with E-state index in [4.69, 9.17) is 4.98 Å². The molecule has 0 radical (unpaired) electrons. The summed E-state index contributed by atoms with van der Waals surface area (Å²) in [5.41, 5.74) is 3.25. The zero-order valence-corrected chi connectivity index (χ0v) is 19.0. The quantitative estimate of drug-likeness (QED) is 0.634. The number of carbonyl (C=O) groups excluding carboxylic acids is 1. The van der Waals surface area contributed by atoms with E-state index in [1.807, 2.05) is 50.3 Å². The molecule has 1 aliphatic rings. The highest BCUT2D eigenvalue weighted by molar-refractivity contribution is 7.15. The number of piperidine rings is 1. The average molecular weight is 437 g/mol. The van der Waals surface area contributed by atoms with Gasteiger partial charge in [-0.05, 0) is 31.9 Å². The summed E-state index contributed by atoms with van der Waals surface area (Å²) in [4.78, 5) is 31.5. The summed E-state index contributed by atoms with van der Waals surface area (Å²) in [7, 11) is 3.91. The molecule has 1 amide bonds. The normalized spacial score (nSPS) is 16.8. The summed E-state index contributed by atoms with van der Waals surface area (Å²) in [6, 6.07) is 10.3. The molecule has 3 aromatic rings. The van der Waals surface area contributed by atoms with E-state index in [0.717, 1.165) is 47.6 Å². The van der Waals surface area contributed by atoms with Crippen molar-refractivity contribution >= 4 is 28.3 Å². The molecule has 1 atom stereocenters. The summed E-state index contributed by atoms with van der Waals surface area (Å²) in [6.45, 7) is 4.05. The molecule has 162 valence electrons. The number of anilines is 2. The lowest BCUT2D eigenvalue weighted by Gasteiger charge is -2.33. The Bertz CT molecular complexity index is 1040. The van der Waals surface area contributed by atoms with Crippen molar-refractivity contribution in [1.82, 2.24) is 19.9 Å². The predicted molar refractivity (Wildman–Crippen MR) is 126 cm³/mol. The van der Waals surface area contributed by atoms with Crippen LogP contribution in [0.15, 0.2) is 42.7 Å². The van der Waals surface area contributed by atoms with Crippen molar-refractivity contribution in [2.45, 2.75) is 25.7 Å². The summed E-state index contributed by atoms with van der Waals surface area (Å²) in [5.74, 6) is 0.944. The van der Waals surface area contributed by atoms with E-state index < -0.39 is 0 Å². The second-order valence-electron chi connectivity index (χ2n) is 8.13. The third kappa shape index (κ3) is 5.26. The molecule has 4 rings (SSSR count). The van der Waals surface area contributed by atoms with E-state index >= 15 is 0 Å². The molecule has 1 aliphatic heterocycles. The second-order valence-corrected chi connectivity index (χ2v) is 9.36. The number of hydrogen-bond donors (Lipinski definition) is 1. The maximum absolute atomic E-state index is 12.5. The largest absolute Gasteiger partial charge is 0.347 e. The van der Waals surface area contributed by atoms with Gasteiger partial charge in [0.05, 0.1) is 12.2 Å². The molecule has 0 spiro atoms. The van der Waals surface area contributed by atoms with Crippen LogP contribution in [0.25, 0.3) is 11.1 Å². The molecule has 0 bridgehead atoms. The maximum atomic E-state index is 12.5. The standard InChI is InChI=1S/C23H28N6OS/c1-16-12-25-23(31-16)26-20(30)15-29-11-7-10-18(14-29)21-19(17-8-5-4-6-9-17)13-24-22(27-21)28(2)3/h4-6,8-9,12-13,18H,7,10-11,14-15H2,1-3H3,(H,25,26,30)/t18-/m0/s1. The smallest absolute Gasteiger partial charge is 0.240 e. The highest BCUT2D eigenvalue weighted by Crippen LogP contribution is 2.33. The second kappa shape index (κ2) is 9.53. The molecule has 3 heterocycles. The van der Waals surface area contributed by atoms with E-state index in [1.165, 1.54) is 11.3 Å². The fraction of sp³-hybridized carbons (Fsp3) is 0.391. The van der Waals surface area contributed by atoms with Crippen molar-refractivity contribution in [2.24, 2.45) is 0 Å². The molecule has 7 nitrogen and oxygen atoms in total. The van der Waals surface area contributed by atoms with Crippen LogP contribution in [0.1, 0.15) is 29.3 Å². The summed E-state index contributed by atoms with van der Waals surface area (Å²) < 4.78 is 0. The molecule has 2 aromatic heterocycles. The Morgan fingerprint density at radius 1 is 1.23 bits per heavy atom. The molecule has 1 aromatic carbocycles. The minimum absolute atomic E-state index is 0.0186. The molecule has 31 heavy (non-hydrogen) atoms. The minimum atomic E-state index is -0.0186. The lowest BCUT2D eigenvalue weighted by atomic mass is 9.90. The van der Waals surface area contributed by atoms with Gasteiger partial charge in [0.25, 0.3) is 0 Å². The first-order valence-corrected chi connectivity index (χ1v) is 11.4. The van der Waals surface area contributed by atoms with Gasteiger partial charge in [0.2, 0.25) is 11.9 Å². The van der Waals surface area contributed by atoms with Gasteiger partial charge in [-0.15, -0.1) is 11.3 Å². The number of carbonyl (C=O) groups is 1. The number of rotatable bonds is 6. The van der Waals surface area contributed by atoms with Gasteiger partial charge in [-0.1, -0.05) is 30.3 Å². The molecule has 1 fully saturated rings. The summed E-state index contributed by atoms with van der Waals surface area (Å²) in [6.07, 6.45) is 5.79. The molecule has 0 saturated carbocycles. The van der Waals surface area contributed by atoms with Gasteiger partial charge in [0, 0.05) is 49.4 Å². The Morgan fingerprint density at radius 2 is 2.03 bits per heavy atom. The third-order valence-electron chi connectivity index (χ3n) is 5.42. The topological polar surface area (TPSA) is 74.2 Å². The number of hydrogen-bond acceptors (Lipinski definition) is 7. The highest BCUT2D eigenvalue weighted by atomic mass is 32.1. The van der Waals surface area contributed by atoms with Crippen LogP contribution in [-0.2, 0) is 4.79 Å². The Kier molecular flexibility index (Phi) is 6.58. The van der Waals surface area contributed by atoms with Crippen molar-refractivity contribution in [2.75, 3.05) is 43.9 Å². The van der Waals surface area contributed by atoms with E-state index in [0.29, 0.717) is 17.6 Å². The van der Waals surface area contributed by atoms with Crippen LogP contribution < -0.4 is 10.2 Å². The van der Waals surface area contributed by atoms with Crippen molar-refractivity contribution in [3.05, 3.63) is 53.3 Å². The lowest BCUT2D eigenvalue weighted by Crippen LogP contribution is -2.40. The van der Waals surface area contributed by atoms with E-state index in [9.17, 15) is 4.79 Å². The summed E-state index contributed by atoms with van der Waals surface area (Å²) >= 11 is 1.50. The van der Waals surface area contributed by atoms with Crippen LogP contribution in [0, 0.1) is 6.92 Å². The molecular weight excluding hydrogens is 408 g/mol. The first-order chi connectivity index (χ1) is 15.0. The number of nitrogens with one attached hydrogen (secondary N) is 1. The van der Waals surface area contributed by atoms with Gasteiger partial charge < -0.3 is 10.2 Å². The first-order valence-electron chi connectivity index (χ1n) is 10.5. The molecule has 0 aliphatic carbocycles. The number of nitrogens with zero attached hydrogens (tertiary/aromatic N) is 5. The fourth-order valence-electron chi connectivity index (χ4n) is 3.95. The van der Waals surface area contributed by atoms with Crippen LogP contribution >= 0.6 is 11.3 Å². The zero-order chi connectivity index (χ0) is 21.8. The molecular formula is C23H28N6OS. The lowest BCUT2D eigenvalue weighted by molar-refractivity contribution is -0.117. The Labute approximate surface area is 187 Å². The van der Waals surface area contributed by atoms with Gasteiger partial charge in [0.15, 0.2) is 5.13 Å². The van der Waals surface area contributed by atoms with Crippen LogP contribution in [0.2, 0.25) is 0 Å². The monoisotopic (exact) mass is 436 g/mol. The fourth-order valence-corrected chi connectivity index (χ4v) is 4.63. The SMILES string of the molecule is Cc1cnc(NC(=O)CN2CCC[C@H](c3nc(N(C)C)ncc3-c3ccccc3)C2)s1. The number of aromatic nitrogens is 3. The van der Waals surface area contributed by atoms with Crippen LogP contribution in [0.4, 0.5) is 11.1 Å². The maximum Gasteiger partial charge on any atom is 0.240 e. The van der Waals surface area contributed by atoms with Gasteiger partial charge in [-0.2, -0.15) is 0 Å². The molecule has 1 saturated heterocycles. The Balaban J connectivity index is 1.53. The number of thiazole rings is 1. The van der Waals surface area contributed by atoms with Gasteiger partial charge in [0.1, 0.15) is 0 Å². The van der Waals surface area contributed by atoms with Crippen molar-refractivity contribution in [1.29, 1.82) is 0 Å². The van der Waals surface area contributed by atoms with Gasteiger partial charge in [-0.3, -0.25) is 9.69 Å². The van der Waals surface area contributed by atoms with E-state index in [-0.39, 0.29) is 11.8 Å². The molecule has 8 heteroatoms. The third-order valence-corrected chi connectivity index (χ3v) is 6.25. The molecule has 0 unspecified atom stereocenters. The number of benzene rings is 1. The van der Waals surface area contributed by atoms with Crippen LogP contribution in [-0.4, -0.2) is 59.5 Å². The summed E-state index contributed by atoms with van der Waals surface area (Å²) in [5, 5.41) is 3.58. The van der Waals surface area contributed by atoms with Crippen LogP contribution in [0.5, 0.6) is 0 Å².